The predicted octanol–water partition coefficient (Wildman–Crippen LogP) is 4.55. The Morgan fingerprint density at radius 1 is 0.963 bits per heavy atom. The van der Waals surface area contributed by atoms with Gasteiger partial charge in [0, 0.05) is 24.2 Å². The lowest BCUT2D eigenvalue weighted by molar-refractivity contribution is 0.0953. The zero-order valence-corrected chi connectivity index (χ0v) is 16.6. The Balaban J connectivity index is 1.86. The molecule has 5 heteroatoms. The van der Waals surface area contributed by atoms with Crippen LogP contribution in [0.2, 0.25) is 0 Å². The molecule has 0 aliphatic heterocycles. The minimum absolute atomic E-state index is 0.0549. The number of amides is 1. The number of rotatable bonds is 8. The van der Waals surface area contributed by atoms with Crippen molar-refractivity contribution in [2.45, 2.75) is 13.8 Å². The predicted molar refractivity (Wildman–Crippen MR) is 113 cm³/mol. The molecule has 1 amide bonds. The van der Waals surface area contributed by atoms with E-state index in [-0.39, 0.29) is 5.91 Å². The maximum Gasteiger partial charge on any atom is 0.263 e. The third-order valence-electron chi connectivity index (χ3n) is 4.51. The summed E-state index contributed by atoms with van der Waals surface area (Å²) in [6.07, 6.45) is 0. The van der Waals surface area contributed by atoms with Crippen LogP contribution in [0.15, 0.2) is 60.7 Å². The van der Waals surface area contributed by atoms with Gasteiger partial charge in [-0.25, -0.2) is 4.98 Å². The summed E-state index contributed by atoms with van der Waals surface area (Å²) in [6.45, 7) is 7.72. The largest absolute Gasteiger partial charge is 0.350 e. The number of hydrogen-bond donors (Lipinski definition) is 1. The maximum absolute atomic E-state index is 12.9. The van der Waals surface area contributed by atoms with Gasteiger partial charge in [0.2, 0.25) is 0 Å². The lowest BCUT2D eigenvalue weighted by Crippen LogP contribution is -2.34. The molecule has 140 valence electrons. The van der Waals surface area contributed by atoms with Crippen LogP contribution in [-0.4, -0.2) is 42.0 Å². The quantitative estimate of drug-likeness (QED) is 0.624. The molecule has 0 radical (unpaired) electrons. The molecule has 4 nitrogen and oxygen atoms in total. The van der Waals surface area contributed by atoms with Gasteiger partial charge >= 0.3 is 0 Å². The van der Waals surface area contributed by atoms with Crippen LogP contribution in [0.1, 0.15) is 23.5 Å². The molecule has 0 bridgehead atoms. The van der Waals surface area contributed by atoms with Crippen molar-refractivity contribution < 1.29 is 4.79 Å². The van der Waals surface area contributed by atoms with Crippen molar-refractivity contribution in [3.8, 4) is 21.8 Å². The van der Waals surface area contributed by atoms with Gasteiger partial charge in [-0.15, -0.1) is 11.3 Å². The first-order valence-electron chi connectivity index (χ1n) is 9.35. The summed E-state index contributed by atoms with van der Waals surface area (Å²) < 4.78 is 0. The van der Waals surface area contributed by atoms with Crippen LogP contribution in [0.3, 0.4) is 0 Å². The highest BCUT2D eigenvalue weighted by atomic mass is 32.1. The first-order chi connectivity index (χ1) is 13.2. The second kappa shape index (κ2) is 9.44. The standard InChI is InChI=1S/C22H25N3OS/c1-3-25(4-2)16-15-23-21(26)20-19(17-11-7-5-8-12-17)24-22(27-20)18-13-9-6-10-14-18/h5-14H,3-4,15-16H2,1-2H3,(H,23,26). The van der Waals surface area contributed by atoms with E-state index in [1.54, 1.807) is 0 Å². The summed E-state index contributed by atoms with van der Waals surface area (Å²) in [5, 5.41) is 3.93. The summed E-state index contributed by atoms with van der Waals surface area (Å²) >= 11 is 1.45. The van der Waals surface area contributed by atoms with Gasteiger partial charge in [-0.2, -0.15) is 0 Å². The van der Waals surface area contributed by atoms with Crippen molar-refractivity contribution in [3.05, 3.63) is 65.5 Å². The van der Waals surface area contributed by atoms with E-state index in [1.165, 1.54) is 11.3 Å². The van der Waals surface area contributed by atoms with Gasteiger partial charge in [0.1, 0.15) is 9.88 Å². The van der Waals surface area contributed by atoms with Crippen LogP contribution in [0.5, 0.6) is 0 Å². The fraction of sp³-hybridized carbons (Fsp3) is 0.273. The monoisotopic (exact) mass is 379 g/mol. The molecule has 0 aliphatic rings. The molecule has 0 aliphatic carbocycles. The van der Waals surface area contributed by atoms with Crippen LogP contribution < -0.4 is 5.32 Å². The minimum atomic E-state index is -0.0549. The third kappa shape index (κ3) is 4.81. The number of likely N-dealkylation sites (N-methyl/N-ethyl adjacent to an activating group) is 1. The average Bonchev–Trinajstić information content (AvgIpc) is 3.18. The number of benzene rings is 2. The Morgan fingerprint density at radius 2 is 1.56 bits per heavy atom. The molecule has 1 heterocycles. The number of carbonyl (C=O) groups is 1. The smallest absolute Gasteiger partial charge is 0.263 e. The first kappa shape index (κ1) is 19.3. The van der Waals surface area contributed by atoms with E-state index < -0.39 is 0 Å². The highest BCUT2D eigenvalue weighted by Crippen LogP contribution is 2.33. The number of aromatic nitrogens is 1. The topological polar surface area (TPSA) is 45.2 Å². The lowest BCUT2D eigenvalue weighted by Gasteiger charge is -2.17. The Kier molecular flexibility index (Phi) is 6.74. The Morgan fingerprint density at radius 3 is 2.15 bits per heavy atom. The van der Waals surface area contributed by atoms with E-state index in [0.717, 1.165) is 41.5 Å². The average molecular weight is 380 g/mol. The van der Waals surface area contributed by atoms with Crippen molar-refractivity contribution in [1.29, 1.82) is 0 Å². The molecular formula is C22H25N3OS. The minimum Gasteiger partial charge on any atom is -0.350 e. The molecule has 3 aromatic rings. The van der Waals surface area contributed by atoms with Crippen molar-refractivity contribution in [3.63, 3.8) is 0 Å². The molecule has 0 atom stereocenters. The van der Waals surface area contributed by atoms with E-state index in [0.29, 0.717) is 11.4 Å². The summed E-state index contributed by atoms with van der Waals surface area (Å²) in [5.74, 6) is -0.0549. The van der Waals surface area contributed by atoms with Gasteiger partial charge in [-0.05, 0) is 13.1 Å². The molecular weight excluding hydrogens is 354 g/mol. The normalized spacial score (nSPS) is 10.9. The van der Waals surface area contributed by atoms with Crippen LogP contribution in [0.25, 0.3) is 21.8 Å². The first-order valence-corrected chi connectivity index (χ1v) is 10.2. The zero-order valence-electron chi connectivity index (χ0n) is 15.8. The van der Waals surface area contributed by atoms with Crippen molar-refractivity contribution in [2.75, 3.05) is 26.2 Å². The van der Waals surface area contributed by atoms with E-state index >= 15 is 0 Å². The fourth-order valence-electron chi connectivity index (χ4n) is 2.92. The summed E-state index contributed by atoms with van der Waals surface area (Å²) in [5.41, 5.74) is 2.74. The van der Waals surface area contributed by atoms with E-state index in [2.05, 4.69) is 24.1 Å². The van der Waals surface area contributed by atoms with Gasteiger partial charge in [0.05, 0.1) is 5.69 Å². The molecule has 3 rings (SSSR count). The molecule has 0 unspecified atom stereocenters. The summed E-state index contributed by atoms with van der Waals surface area (Å²) in [6, 6.07) is 19.9. The second-order valence-electron chi connectivity index (χ2n) is 6.21. The summed E-state index contributed by atoms with van der Waals surface area (Å²) in [7, 11) is 0. The fourth-order valence-corrected chi connectivity index (χ4v) is 3.93. The third-order valence-corrected chi connectivity index (χ3v) is 5.61. The van der Waals surface area contributed by atoms with E-state index in [9.17, 15) is 4.79 Å². The molecule has 0 saturated heterocycles. The van der Waals surface area contributed by atoms with Crippen LogP contribution in [0.4, 0.5) is 0 Å². The van der Waals surface area contributed by atoms with Crippen molar-refractivity contribution in [1.82, 2.24) is 15.2 Å². The number of carbonyl (C=O) groups excluding carboxylic acids is 1. The van der Waals surface area contributed by atoms with Crippen molar-refractivity contribution in [2.24, 2.45) is 0 Å². The summed E-state index contributed by atoms with van der Waals surface area (Å²) in [4.78, 5) is 20.6. The van der Waals surface area contributed by atoms with E-state index in [1.807, 2.05) is 60.7 Å². The number of hydrogen-bond acceptors (Lipinski definition) is 4. The molecule has 0 saturated carbocycles. The van der Waals surface area contributed by atoms with Crippen LogP contribution in [-0.2, 0) is 0 Å². The van der Waals surface area contributed by atoms with Crippen LogP contribution in [0, 0.1) is 0 Å². The molecule has 0 spiro atoms. The molecule has 2 aromatic carbocycles. The Labute approximate surface area is 164 Å². The van der Waals surface area contributed by atoms with Gasteiger partial charge in [0.25, 0.3) is 5.91 Å². The van der Waals surface area contributed by atoms with Crippen LogP contribution >= 0.6 is 11.3 Å². The number of nitrogens with zero attached hydrogens (tertiary/aromatic N) is 2. The molecule has 0 fully saturated rings. The lowest BCUT2D eigenvalue weighted by atomic mass is 10.1. The second-order valence-corrected chi connectivity index (χ2v) is 7.21. The SMILES string of the molecule is CCN(CC)CCNC(=O)c1sc(-c2ccccc2)nc1-c1ccccc1. The van der Waals surface area contributed by atoms with Crippen molar-refractivity contribution >= 4 is 17.2 Å². The maximum atomic E-state index is 12.9. The van der Waals surface area contributed by atoms with E-state index in [4.69, 9.17) is 4.98 Å². The highest BCUT2D eigenvalue weighted by Gasteiger charge is 2.20. The Hall–Kier alpha value is -2.50. The van der Waals surface area contributed by atoms with Gasteiger partial charge in [-0.3, -0.25) is 4.79 Å². The Bertz CT molecular complexity index is 858. The molecule has 1 N–H and O–H groups in total. The number of thiazole rings is 1. The zero-order chi connectivity index (χ0) is 19.1. The highest BCUT2D eigenvalue weighted by molar-refractivity contribution is 7.17. The molecule has 1 aromatic heterocycles. The van der Waals surface area contributed by atoms with Gasteiger partial charge < -0.3 is 10.2 Å². The molecule has 27 heavy (non-hydrogen) atoms. The number of nitrogens with one attached hydrogen (secondary N) is 1. The van der Waals surface area contributed by atoms with Gasteiger partial charge in [-0.1, -0.05) is 74.5 Å². The van der Waals surface area contributed by atoms with Gasteiger partial charge in [0.15, 0.2) is 0 Å².